The first-order chi connectivity index (χ1) is 10.6. The smallest absolute Gasteiger partial charge is 0.152 e. The van der Waals surface area contributed by atoms with Gasteiger partial charge in [-0.2, -0.15) is 5.26 Å². The molecule has 0 saturated carbocycles. The van der Waals surface area contributed by atoms with Gasteiger partial charge in [0.1, 0.15) is 9.84 Å². The Balaban J connectivity index is 2.94. The third-order valence-electron chi connectivity index (χ3n) is 3.34. The Morgan fingerprint density at radius 3 is 2.22 bits per heavy atom. The Hall–Kier alpha value is -1.43. The van der Waals surface area contributed by atoms with Gasteiger partial charge in [0.25, 0.3) is 0 Å². The van der Waals surface area contributed by atoms with Crippen molar-refractivity contribution >= 4 is 19.7 Å². The van der Waals surface area contributed by atoms with Crippen LogP contribution in [-0.2, 0) is 26.2 Å². The molecule has 6 nitrogen and oxygen atoms in total. The van der Waals surface area contributed by atoms with Crippen LogP contribution in [0, 0.1) is 11.3 Å². The third-order valence-corrected chi connectivity index (χ3v) is 6.09. The molecular weight excluding hydrogens is 336 g/mol. The second-order valence-corrected chi connectivity index (χ2v) is 10.2. The Bertz CT molecular complexity index is 737. The highest BCUT2D eigenvalue weighted by molar-refractivity contribution is 7.94. The number of rotatable bonds is 9. The Kier molecular flexibility index (Phi) is 7.19. The van der Waals surface area contributed by atoms with Crippen molar-refractivity contribution < 1.29 is 16.8 Å². The molecule has 8 heteroatoms. The van der Waals surface area contributed by atoms with Gasteiger partial charge in [0, 0.05) is 38.6 Å². The van der Waals surface area contributed by atoms with E-state index in [0.29, 0.717) is 13.1 Å². The molecule has 0 aliphatic carbocycles. The molecule has 23 heavy (non-hydrogen) atoms. The second-order valence-electron chi connectivity index (χ2n) is 5.67. The van der Waals surface area contributed by atoms with E-state index < -0.39 is 30.7 Å². The minimum atomic E-state index is -3.51. The summed E-state index contributed by atoms with van der Waals surface area (Å²) in [6, 6.07) is 11.5. The van der Waals surface area contributed by atoms with Crippen LogP contribution in [-0.4, -0.2) is 58.3 Å². The molecule has 0 radical (unpaired) electrons. The zero-order valence-electron chi connectivity index (χ0n) is 13.3. The summed E-state index contributed by atoms with van der Waals surface area (Å²) in [4.78, 5) is 1.81. The maximum atomic E-state index is 11.9. The largest absolute Gasteiger partial charge is 0.297 e. The quantitative estimate of drug-likeness (QED) is 0.650. The molecule has 1 unspecified atom stereocenters. The van der Waals surface area contributed by atoms with Crippen molar-refractivity contribution in [1.29, 1.82) is 5.26 Å². The van der Waals surface area contributed by atoms with Crippen molar-refractivity contribution in [3.63, 3.8) is 0 Å². The van der Waals surface area contributed by atoms with Crippen molar-refractivity contribution in [3.05, 3.63) is 35.9 Å². The fourth-order valence-corrected chi connectivity index (χ4v) is 5.21. The van der Waals surface area contributed by atoms with E-state index in [4.69, 9.17) is 5.26 Å². The molecule has 1 aromatic rings. The van der Waals surface area contributed by atoms with Crippen LogP contribution >= 0.6 is 0 Å². The van der Waals surface area contributed by atoms with Crippen molar-refractivity contribution in [3.8, 4) is 6.07 Å². The molecule has 0 N–H and O–H groups in total. The summed E-state index contributed by atoms with van der Waals surface area (Å²) in [5.41, 5.74) is 0.983. The molecule has 128 valence electrons. The summed E-state index contributed by atoms with van der Waals surface area (Å²) >= 11 is 0. The molecule has 0 saturated heterocycles. The highest BCUT2D eigenvalue weighted by Crippen LogP contribution is 2.11. The first kappa shape index (κ1) is 19.6. The van der Waals surface area contributed by atoms with E-state index in [1.807, 2.05) is 41.3 Å². The van der Waals surface area contributed by atoms with Gasteiger partial charge >= 0.3 is 0 Å². The van der Waals surface area contributed by atoms with Crippen LogP contribution in [0.4, 0.5) is 0 Å². The zero-order chi connectivity index (χ0) is 17.5. The highest BCUT2D eigenvalue weighted by atomic mass is 32.2. The van der Waals surface area contributed by atoms with Crippen molar-refractivity contribution in [2.24, 2.45) is 0 Å². The lowest BCUT2D eigenvalue weighted by Gasteiger charge is -2.25. The van der Waals surface area contributed by atoms with Gasteiger partial charge in [-0.25, -0.2) is 16.8 Å². The number of hydrogen-bond donors (Lipinski definition) is 0. The van der Waals surface area contributed by atoms with E-state index in [2.05, 4.69) is 0 Å². The first-order valence-electron chi connectivity index (χ1n) is 7.11. The Labute approximate surface area is 138 Å². The monoisotopic (exact) mass is 358 g/mol. The number of benzene rings is 1. The van der Waals surface area contributed by atoms with Crippen molar-refractivity contribution in [2.45, 2.75) is 18.2 Å². The number of sulfone groups is 2. The fourth-order valence-electron chi connectivity index (χ4n) is 2.22. The minimum absolute atomic E-state index is 0.0858. The predicted octanol–water partition coefficient (Wildman–Crippen LogP) is 0.860. The molecule has 1 atom stereocenters. The molecule has 0 fully saturated rings. The van der Waals surface area contributed by atoms with Gasteiger partial charge in [0.2, 0.25) is 0 Å². The standard InChI is InChI=1S/C15H22N2O4S2/c1-22(18,19)13-15(23(2,20)21)12-17(10-6-9-16)11-14-7-4-3-5-8-14/h3-5,7-8,15H,6,10-13H2,1-2H3. The van der Waals surface area contributed by atoms with Gasteiger partial charge in [-0.3, -0.25) is 4.90 Å². The summed E-state index contributed by atoms with van der Waals surface area (Å²) < 4.78 is 46.8. The Morgan fingerprint density at radius 2 is 1.74 bits per heavy atom. The molecule has 0 heterocycles. The van der Waals surface area contributed by atoms with Gasteiger partial charge in [-0.15, -0.1) is 0 Å². The average molecular weight is 358 g/mol. The van der Waals surface area contributed by atoms with Gasteiger partial charge in [0.15, 0.2) is 9.84 Å². The van der Waals surface area contributed by atoms with Crippen LogP contribution < -0.4 is 0 Å². The van der Waals surface area contributed by atoms with Crippen LogP contribution in [0.1, 0.15) is 12.0 Å². The summed E-state index contributed by atoms with van der Waals surface area (Å²) in [7, 11) is -6.93. The van der Waals surface area contributed by atoms with Gasteiger partial charge in [-0.05, 0) is 5.56 Å². The molecule has 0 amide bonds. The second kappa shape index (κ2) is 8.43. The SMILES string of the molecule is CS(=O)(=O)CC(CN(CCC#N)Cc1ccccc1)S(C)(=O)=O. The fraction of sp³-hybridized carbons (Fsp3) is 0.533. The maximum Gasteiger partial charge on any atom is 0.152 e. The predicted molar refractivity (Wildman–Crippen MR) is 90.3 cm³/mol. The number of nitriles is 1. The van der Waals surface area contributed by atoms with Crippen LogP contribution in [0.5, 0.6) is 0 Å². The minimum Gasteiger partial charge on any atom is -0.297 e. The van der Waals surface area contributed by atoms with Gasteiger partial charge in [-0.1, -0.05) is 30.3 Å². The molecule has 1 rings (SSSR count). The average Bonchev–Trinajstić information content (AvgIpc) is 2.42. The molecule has 0 spiro atoms. The van der Waals surface area contributed by atoms with Crippen LogP contribution in [0.15, 0.2) is 30.3 Å². The molecule has 0 aliphatic heterocycles. The van der Waals surface area contributed by atoms with Crippen LogP contribution in [0.25, 0.3) is 0 Å². The van der Waals surface area contributed by atoms with Crippen LogP contribution in [0.2, 0.25) is 0 Å². The van der Waals surface area contributed by atoms with Gasteiger partial charge < -0.3 is 0 Å². The maximum absolute atomic E-state index is 11.9. The topological polar surface area (TPSA) is 95.3 Å². The normalized spacial score (nSPS) is 13.7. The molecular formula is C15H22N2O4S2. The summed E-state index contributed by atoms with van der Waals surface area (Å²) in [6.45, 7) is 0.946. The third kappa shape index (κ3) is 8.11. The van der Waals surface area contributed by atoms with E-state index in [0.717, 1.165) is 18.1 Å². The first-order valence-corrected chi connectivity index (χ1v) is 11.1. The zero-order valence-corrected chi connectivity index (χ0v) is 15.0. The Morgan fingerprint density at radius 1 is 1.13 bits per heavy atom. The van der Waals surface area contributed by atoms with Crippen molar-refractivity contribution in [1.82, 2.24) is 4.90 Å². The summed E-state index contributed by atoms with van der Waals surface area (Å²) in [5, 5.41) is 7.77. The highest BCUT2D eigenvalue weighted by Gasteiger charge is 2.27. The molecule has 0 aromatic heterocycles. The van der Waals surface area contributed by atoms with E-state index >= 15 is 0 Å². The lowest BCUT2D eigenvalue weighted by molar-refractivity contribution is 0.273. The summed E-state index contributed by atoms with van der Waals surface area (Å²) in [6.07, 6.45) is 2.33. The molecule has 0 aliphatic rings. The molecule has 0 bridgehead atoms. The van der Waals surface area contributed by atoms with E-state index in [-0.39, 0.29) is 13.0 Å². The number of hydrogen-bond acceptors (Lipinski definition) is 6. The van der Waals surface area contributed by atoms with Crippen LogP contribution in [0.3, 0.4) is 0 Å². The van der Waals surface area contributed by atoms with E-state index in [1.54, 1.807) is 0 Å². The number of nitrogens with zero attached hydrogens (tertiary/aromatic N) is 2. The lowest BCUT2D eigenvalue weighted by atomic mass is 10.2. The van der Waals surface area contributed by atoms with Crippen molar-refractivity contribution in [2.75, 3.05) is 31.4 Å². The molecule has 1 aromatic carbocycles. The van der Waals surface area contributed by atoms with E-state index in [1.165, 1.54) is 0 Å². The van der Waals surface area contributed by atoms with Gasteiger partial charge in [0.05, 0.1) is 17.1 Å². The summed E-state index contributed by atoms with van der Waals surface area (Å²) in [5.74, 6) is -0.413. The lowest BCUT2D eigenvalue weighted by Crippen LogP contribution is -2.40. The van der Waals surface area contributed by atoms with E-state index in [9.17, 15) is 16.8 Å².